The average molecular weight is 409 g/mol. The van der Waals surface area contributed by atoms with Crippen LogP contribution in [0.5, 0.6) is 5.75 Å². The molecular formula is C19H18F3N3O4. The molecule has 1 aliphatic rings. The van der Waals surface area contributed by atoms with Gasteiger partial charge in [-0.2, -0.15) is 13.2 Å². The Morgan fingerprint density at radius 2 is 2.07 bits per heavy atom. The van der Waals surface area contributed by atoms with Gasteiger partial charge in [-0.1, -0.05) is 11.2 Å². The zero-order chi connectivity index (χ0) is 21.0. The predicted octanol–water partition coefficient (Wildman–Crippen LogP) is 4.06. The minimum absolute atomic E-state index is 0.0317. The predicted molar refractivity (Wildman–Crippen MR) is 100 cm³/mol. The zero-order valence-electron chi connectivity index (χ0n) is 15.5. The second-order valence-electron chi connectivity index (χ2n) is 6.40. The van der Waals surface area contributed by atoms with E-state index >= 15 is 0 Å². The molecule has 1 heterocycles. The van der Waals surface area contributed by atoms with E-state index in [0.29, 0.717) is 25.2 Å². The summed E-state index contributed by atoms with van der Waals surface area (Å²) >= 11 is 0. The standard InChI is InChI=1S/C19H18F3N3O4/c1-28-23-15(12-29-17-4-2-3-14(10-17)19(20,21)22)11-24-8-7-13-9-16(25(26)27)5-6-18(13)24/h2-6,9-10H,7-8,11-12H2,1H3. The van der Waals surface area contributed by atoms with Crippen LogP contribution >= 0.6 is 0 Å². The van der Waals surface area contributed by atoms with Gasteiger partial charge in [-0.05, 0) is 36.2 Å². The molecule has 0 atom stereocenters. The first-order valence-corrected chi connectivity index (χ1v) is 8.69. The van der Waals surface area contributed by atoms with Crippen LogP contribution in [0, 0.1) is 10.1 Å². The number of benzene rings is 2. The molecule has 0 aromatic heterocycles. The summed E-state index contributed by atoms with van der Waals surface area (Å²) in [6.45, 7) is 0.883. The maximum atomic E-state index is 12.8. The topological polar surface area (TPSA) is 77.2 Å². The van der Waals surface area contributed by atoms with Crippen LogP contribution in [-0.2, 0) is 17.4 Å². The minimum atomic E-state index is -4.45. The second kappa shape index (κ2) is 8.38. The van der Waals surface area contributed by atoms with Crippen LogP contribution in [0.3, 0.4) is 0 Å². The largest absolute Gasteiger partial charge is 0.487 e. The monoisotopic (exact) mass is 409 g/mol. The van der Waals surface area contributed by atoms with Crippen molar-refractivity contribution in [3.63, 3.8) is 0 Å². The van der Waals surface area contributed by atoms with Crippen LogP contribution in [0.1, 0.15) is 11.1 Å². The van der Waals surface area contributed by atoms with Crippen molar-refractivity contribution >= 4 is 17.1 Å². The highest BCUT2D eigenvalue weighted by Gasteiger charge is 2.30. The molecule has 0 saturated heterocycles. The van der Waals surface area contributed by atoms with E-state index in [1.807, 2.05) is 4.90 Å². The van der Waals surface area contributed by atoms with Crippen molar-refractivity contribution in [3.05, 3.63) is 63.7 Å². The molecule has 7 nitrogen and oxygen atoms in total. The number of fused-ring (bicyclic) bond motifs is 1. The molecule has 2 aromatic rings. The number of alkyl halides is 3. The molecular weight excluding hydrogens is 391 g/mol. The maximum Gasteiger partial charge on any atom is 0.416 e. The molecule has 154 valence electrons. The van der Waals surface area contributed by atoms with Gasteiger partial charge in [-0.25, -0.2) is 0 Å². The zero-order valence-corrected chi connectivity index (χ0v) is 15.5. The summed E-state index contributed by atoms with van der Waals surface area (Å²) in [5.74, 6) is 0.0704. The number of nitro groups is 1. The number of nitro benzene ring substituents is 1. The van der Waals surface area contributed by atoms with E-state index in [0.717, 1.165) is 23.4 Å². The Morgan fingerprint density at radius 1 is 1.28 bits per heavy atom. The third-order valence-corrected chi connectivity index (χ3v) is 4.43. The molecule has 0 spiro atoms. The summed E-state index contributed by atoms with van der Waals surface area (Å²) in [6, 6.07) is 9.26. The van der Waals surface area contributed by atoms with Crippen molar-refractivity contribution in [2.75, 3.05) is 31.7 Å². The number of hydrogen-bond donors (Lipinski definition) is 0. The van der Waals surface area contributed by atoms with Gasteiger partial charge < -0.3 is 14.5 Å². The molecule has 0 radical (unpaired) electrons. The second-order valence-corrected chi connectivity index (χ2v) is 6.40. The first kappa shape index (κ1) is 20.4. The molecule has 2 aromatic carbocycles. The van der Waals surface area contributed by atoms with Crippen LogP contribution in [0.25, 0.3) is 0 Å². The Labute approximate surface area is 164 Å². The summed E-state index contributed by atoms with van der Waals surface area (Å²) in [5.41, 5.74) is 1.41. The minimum Gasteiger partial charge on any atom is -0.487 e. The molecule has 3 rings (SSSR count). The average Bonchev–Trinajstić information content (AvgIpc) is 3.08. The number of non-ortho nitro benzene ring substituents is 1. The first-order valence-electron chi connectivity index (χ1n) is 8.69. The number of anilines is 1. The third-order valence-electron chi connectivity index (χ3n) is 4.43. The maximum absolute atomic E-state index is 12.8. The molecule has 0 amide bonds. The van der Waals surface area contributed by atoms with Crippen LogP contribution < -0.4 is 9.64 Å². The summed E-state index contributed by atoms with van der Waals surface area (Å²) < 4.78 is 44.0. The normalized spacial score (nSPS) is 13.9. The van der Waals surface area contributed by atoms with E-state index in [-0.39, 0.29) is 18.0 Å². The Bertz CT molecular complexity index is 931. The lowest BCUT2D eigenvalue weighted by Crippen LogP contribution is -2.31. The van der Waals surface area contributed by atoms with E-state index in [1.165, 1.54) is 25.3 Å². The van der Waals surface area contributed by atoms with Crippen molar-refractivity contribution in [2.45, 2.75) is 12.6 Å². The van der Waals surface area contributed by atoms with Crippen molar-refractivity contribution in [3.8, 4) is 5.75 Å². The van der Waals surface area contributed by atoms with Gasteiger partial charge in [0.2, 0.25) is 0 Å². The van der Waals surface area contributed by atoms with Crippen LogP contribution in [0.2, 0.25) is 0 Å². The lowest BCUT2D eigenvalue weighted by Gasteiger charge is -2.20. The summed E-state index contributed by atoms with van der Waals surface area (Å²) in [6.07, 6.45) is -3.81. The fourth-order valence-corrected chi connectivity index (χ4v) is 3.11. The molecule has 0 saturated carbocycles. The summed E-state index contributed by atoms with van der Waals surface area (Å²) in [5, 5.41) is 14.8. The van der Waals surface area contributed by atoms with Crippen LogP contribution in [0.15, 0.2) is 47.6 Å². The molecule has 0 bridgehead atoms. The van der Waals surface area contributed by atoms with Gasteiger partial charge >= 0.3 is 6.18 Å². The van der Waals surface area contributed by atoms with Gasteiger partial charge in [0.1, 0.15) is 25.2 Å². The highest BCUT2D eigenvalue weighted by atomic mass is 19.4. The number of nitrogens with zero attached hydrogens (tertiary/aromatic N) is 3. The fraction of sp³-hybridized carbons (Fsp3) is 0.316. The van der Waals surface area contributed by atoms with E-state index in [4.69, 9.17) is 9.57 Å². The number of rotatable bonds is 7. The van der Waals surface area contributed by atoms with Crippen molar-refractivity contribution in [1.82, 2.24) is 0 Å². The fourth-order valence-electron chi connectivity index (χ4n) is 3.11. The van der Waals surface area contributed by atoms with Gasteiger partial charge in [0, 0.05) is 24.4 Å². The number of oxime groups is 1. The van der Waals surface area contributed by atoms with E-state index in [9.17, 15) is 23.3 Å². The SMILES string of the molecule is CON=C(COc1cccc(C(F)(F)F)c1)CN1CCc2cc([N+](=O)[O-])ccc21. The van der Waals surface area contributed by atoms with E-state index in [2.05, 4.69) is 5.16 Å². The van der Waals surface area contributed by atoms with Crippen molar-refractivity contribution in [2.24, 2.45) is 5.16 Å². The lowest BCUT2D eigenvalue weighted by atomic mass is 10.1. The lowest BCUT2D eigenvalue weighted by molar-refractivity contribution is -0.384. The van der Waals surface area contributed by atoms with Crippen LogP contribution in [0.4, 0.5) is 24.5 Å². The highest BCUT2D eigenvalue weighted by molar-refractivity contribution is 5.90. The molecule has 1 aliphatic heterocycles. The van der Waals surface area contributed by atoms with Crippen LogP contribution in [-0.4, -0.2) is 37.4 Å². The first-order chi connectivity index (χ1) is 13.8. The Balaban J connectivity index is 1.68. The summed E-state index contributed by atoms with van der Waals surface area (Å²) in [4.78, 5) is 17.3. The van der Waals surface area contributed by atoms with Crippen molar-refractivity contribution < 1.29 is 27.7 Å². The molecule has 0 aliphatic carbocycles. The van der Waals surface area contributed by atoms with Gasteiger partial charge in [0.25, 0.3) is 5.69 Å². The van der Waals surface area contributed by atoms with Gasteiger partial charge in [-0.3, -0.25) is 10.1 Å². The molecule has 0 unspecified atom stereocenters. The quantitative estimate of drug-likeness (QED) is 0.392. The Morgan fingerprint density at radius 3 is 2.76 bits per heavy atom. The van der Waals surface area contributed by atoms with E-state index in [1.54, 1.807) is 12.1 Å². The van der Waals surface area contributed by atoms with E-state index < -0.39 is 16.7 Å². The van der Waals surface area contributed by atoms with Gasteiger partial charge in [-0.15, -0.1) is 0 Å². The molecule has 10 heteroatoms. The third kappa shape index (κ3) is 4.95. The molecule has 0 fully saturated rings. The number of halogens is 3. The molecule has 0 N–H and O–H groups in total. The van der Waals surface area contributed by atoms with Crippen molar-refractivity contribution in [1.29, 1.82) is 0 Å². The smallest absolute Gasteiger partial charge is 0.416 e. The number of hydrogen-bond acceptors (Lipinski definition) is 6. The molecule has 29 heavy (non-hydrogen) atoms. The number of ether oxygens (including phenoxy) is 1. The Hall–Kier alpha value is -3.30. The Kier molecular flexibility index (Phi) is 5.90. The summed E-state index contributed by atoms with van der Waals surface area (Å²) in [7, 11) is 1.37. The van der Waals surface area contributed by atoms with Gasteiger partial charge in [0.15, 0.2) is 0 Å². The van der Waals surface area contributed by atoms with Gasteiger partial charge in [0.05, 0.1) is 17.0 Å². The highest BCUT2D eigenvalue weighted by Crippen LogP contribution is 2.32.